The fraction of sp³-hybridized carbons (Fsp3) is 0.250. The average Bonchev–Trinajstić information content (AvgIpc) is 3.18. The molecule has 2 aromatic heterocycles. The molecule has 0 bridgehead atoms. The van der Waals surface area contributed by atoms with Crippen molar-refractivity contribution < 1.29 is 0 Å². The molecule has 2 heterocycles. The van der Waals surface area contributed by atoms with Crippen molar-refractivity contribution >= 4 is 28.5 Å². The smallest absolute Gasteiger partial charge is 0.150 e. The molecule has 0 amide bonds. The summed E-state index contributed by atoms with van der Waals surface area (Å²) in [6, 6.07) is 18.2. The number of hydrogen-bond acceptors (Lipinski definition) is 4. The van der Waals surface area contributed by atoms with Crippen molar-refractivity contribution in [2.24, 2.45) is 0 Å². The van der Waals surface area contributed by atoms with E-state index < -0.39 is 0 Å². The summed E-state index contributed by atoms with van der Waals surface area (Å²) in [5.74, 6) is 0.854. The van der Waals surface area contributed by atoms with Crippen molar-refractivity contribution in [3.05, 3.63) is 72.1 Å². The van der Waals surface area contributed by atoms with Gasteiger partial charge < -0.3 is 14.8 Å². The summed E-state index contributed by atoms with van der Waals surface area (Å²) < 4.78 is 2.08. The van der Waals surface area contributed by atoms with E-state index in [2.05, 4.69) is 69.1 Å². The van der Waals surface area contributed by atoms with Crippen molar-refractivity contribution in [2.75, 3.05) is 31.5 Å². The van der Waals surface area contributed by atoms with Crippen LogP contribution in [-0.4, -0.2) is 45.6 Å². The predicted molar refractivity (Wildman–Crippen MR) is 126 cm³/mol. The number of likely N-dealkylation sites (N-methyl/N-ethyl adjacent to an activating group) is 1. The zero-order valence-electron chi connectivity index (χ0n) is 17.3. The molecule has 4 aromatic rings. The van der Waals surface area contributed by atoms with E-state index in [9.17, 15) is 0 Å². The molecule has 0 fully saturated rings. The molecule has 0 aliphatic heterocycles. The molecule has 0 radical (unpaired) electrons. The maximum atomic E-state index is 6.26. The van der Waals surface area contributed by atoms with Crippen LogP contribution in [0.25, 0.3) is 27.8 Å². The Morgan fingerprint density at radius 3 is 2.53 bits per heavy atom. The van der Waals surface area contributed by atoms with Gasteiger partial charge in [-0.2, -0.15) is 0 Å². The van der Waals surface area contributed by atoms with Crippen LogP contribution in [0.2, 0.25) is 5.02 Å². The highest BCUT2D eigenvalue weighted by Crippen LogP contribution is 2.35. The van der Waals surface area contributed by atoms with Crippen LogP contribution in [0.15, 0.2) is 67.1 Å². The molecule has 5 nitrogen and oxygen atoms in total. The molecule has 30 heavy (non-hydrogen) atoms. The summed E-state index contributed by atoms with van der Waals surface area (Å²) in [6.45, 7) is 8.24. The first-order valence-corrected chi connectivity index (χ1v) is 10.7. The fourth-order valence-electron chi connectivity index (χ4n) is 3.73. The van der Waals surface area contributed by atoms with Crippen molar-refractivity contribution in [2.45, 2.75) is 13.8 Å². The molecule has 6 heteroatoms. The van der Waals surface area contributed by atoms with Gasteiger partial charge in [0.2, 0.25) is 0 Å². The van der Waals surface area contributed by atoms with Crippen molar-refractivity contribution in [3.8, 4) is 16.8 Å². The highest BCUT2D eigenvalue weighted by molar-refractivity contribution is 6.30. The Morgan fingerprint density at radius 1 is 1.00 bits per heavy atom. The molecule has 0 atom stereocenters. The van der Waals surface area contributed by atoms with Gasteiger partial charge >= 0.3 is 0 Å². The van der Waals surface area contributed by atoms with E-state index in [-0.39, 0.29) is 0 Å². The Bertz CT molecular complexity index is 1120. The van der Waals surface area contributed by atoms with Gasteiger partial charge in [0.15, 0.2) is 5.65 Å². The number of anilines is 1. The minimum atomic E-state index is 0.697. The number of fused-ring (bicyclic) bond motifs is 1. The number of rotatable bonds is 8. The first kappa shape index (κ1) is 20.4. The fourth-order valence-corrected chi connectivity index (χ4v) is 3.91. The van der Waals surface area contributed by atoms with Crippen LogP contribution in [0, 0.1) is 0 Å². The molecule has 0 saturated carbocycles. The molecular weight excluding hydrogens is 394 g/mol. The van der Waals surface area contributed by atoms with Gasteiger partial charge in [-0.1, -0.05) is 61.8 Å². The van der Waals surface area contributed by atoms with Crippen molar-refractivity contribution in [3.63, 3.8) is 0 Å². The quantitative estimate of drug-likeness (QED) is 0.410. The molecule has 0 unspecified atom stereocenters. The third-order valence-electron chi connectivity index (χ3n) is 5.37. The summed E-state index contributed by atoms with van der Waals surface area (Å²) in [5.41, 5.74) is 4.06. The van der Waals surface area contributed by atoms with Crippen molar-refractivity contribution in [1.29, 1.82) is 0 Å². The highest BCUT2D eigenvalue weighted by atomic mass is 35.5. The van der Waals surface area contributed by atoms with Crippen LogP contribution in [0.1, 0.15) is 13.8 Å². The van der Waals surface area contributed by atoms with Crippen LogP contribution >= 0.6 is 11.6 Å². The van der Waals surface area contributed by atoms with Crippen molar-refractivity contribution in [1.82, 2.24) is 19.4 Å². The Morgan fingerprint density at radius 2 is 1.80 bits per heavy atom. The minimum Gasteiger partial charge on any atom is -0.368 e. The van der Waals surface area contributed by atoms with Crippen LogP contribution in [0.3, 0.4) is 0 Å². The van der Waals surface area contributed by atoms with Gasteiger partial charge in [-0.3, -0.25) is 0 Å². The zero-order valence-corrected chi connectivity index (χ0v) is 18.1. The van der Waals surface area contributed by atoms with Gasteiger partial charge in [-0.25, -0.2) is 9.97 Å². The maximum Gasteiger partial charge on any atom is 0.150 e. The predicted octanol–water partition coefficient (Wildman–Crippen LogP) is 5.49. The SMILES string of the molecule is CCN(CC)CCNc1ncnc2c1c(-c1ccccc1)cn2-c1cccc(Cl)c1. The monoisotopic (exact) mass is 419 g/mol. The lowest BCUT2D eigenvalue weighted by Crippen LogP contribution is -2.28. The van der Waals surface area contributed by atoms with Gasteiger partial charge in [0.1, 0.15) is 12.1 Å². The zero-order chi connectivity index (χ0) is 20.9. The second-order valence-electron chi connectivity index (χ2n) is 7.13. The Hall–Kier alpha value is -2.89. The van der Waals surface area contributed by atoms with E-state index in [0.29, 0.717) is 5.02 Å². The Balaban J connectivity index is 1.81. The number of nitrogens with one attached hydrogen (secondary N) is 1. The number of hydrogen-bond donors (Lipinski definition) is 1. The number of aromatic nitrogens is 3. The van der Waals surface area contributed by atoms with Crippen LogP contribution in [0.5, 0.6) is 0 Å². The molecule has 154 valence electrons. The maximum absolute atomic E-state index is 6.26. The van der Waals surface area contributed by atoms with E-state index in [0.717, 1.165) is 59.8 Å². The summed E-state index contributed by atoms with van der Waals surface area (Å²) in [5, 5.41) is 5.25. The van der Waals surface area contributed by atoms with Crippen LogP contribution < -0.4 is 5.32 Å². The Kier molecular flexibility index (Phi) is 6.31. The van der Waals surface area contributed by atoms with Crippen LogP contribution in [0.4, 0.5) is 5.82 Å². The third-order valence-corrected chi connectivity index (χ3v) is 5.60. The number of halogens is 1. The second kappa shape index (κ2) is 9.28. The highest BCUT2D eigenvalue weighted by Gasteiger charge is 2.17. The lowest BCUT2D eigenvalue weighted by Gasteiger charge is -2.18. The first-order valence-electron chi connectivity index (χ1n) is 10.3. The van der Waals surface area contributed by atoms with Gasteiger partial charge in [0.25, 0.3) is 0 Å². The summed E-state index contributed by atoms with van der Waals surface area (Å²) >= 11 is 6.26. The first-order chi connectivity index (χ1) is 14.7. The average molecular weight is 420 g/mol. The van der Waals surface area contributed by atoms with E-state index in [4.69, 9.17) is 11.6 Å². The lowest BCUT2D eigenvalue weighted by atomic mass is 10.1. The van der Waals surface area contributed by atoms with E-state index in [1.807, 2.05) is 30.3 Å². The van der Waals surface area contributed by atoms with Gasteiger partial charge in [-0.05, 0) is 36.9 Å². The van der Waals surface area contributed by atoms with E-state index in [1.165, 1.54) is 0 Å². The van der Waals surface area contributed by atoms with Gasteiger partial charge in [0.05, 0.1) is 5.39 Å². The number of nitrogens with zero attached hydrogens (tertiary/aromatic N) is 4. The Labute approximate surface area is 182 Å². The molecule has 0 saturated heterocycles. The van der Waals surface area contributed by atoms with Crippen LogP contribution in [-0.2, 0) is 0 Å². The van der Waals surface area contributed by atoms with E-state index in [1.54, 1.807) is 6.33 Å². The lowest BCUT2D eigenvalue weighted by molar-refractivity contribution is 0.316. The van der Waals surface area contributed by atoms with Gasteiger partial charge in [-0.15, -0.1) is 0 Å². The summed E-state index contributed by atoms with van der Waals surface area (Å²) in [7, 11) is 0. The molecule has 0 aliphatic carbocycles. The summed E-state index contributed by atoms with van der Waals surface area (Å²) in [4.78, 5) is 11.6. The number of benzene rings is 2. The summed E-state index contributed by atoms with van der Waals surface area (Å²) in [6.07, 6.45) is 3.74. The largest absolute Gasteiger partial charge is 0.368 e. The van der Waals surface area contributed by atoms with Gasteiger partial charge in [0, 0.05) is 35.6 Å². The molecule has 1 N–H and O–H groups in total. The molecular formula is C24H26ClN5. The topological polar surface area (TPSA) is 46.0 Å². The molecule has 4 rings (SSSR count). The molecule has 0 spiro atoms. The normalized spacial score (nSPS) is 11.3. The molecule has 0 aliphatic rings. The van der Waals surface area contributed by atoms with E-state index >= 15 is 0 Å². The standard InChI is InChI=1S/C24H26ClN5/c1-3-29(4-2)14-13-26-23-22-21(18-9-6-5-7-10-18)16-30(24(22)28-17-27-23)20-12-8-11-19(25)15-20/h5-12,15-17H,3-4,13-14H2,1-2H3,(H,26,27,28). The minimum absolute atomic E-state index is 0.697. The molecule has 2 aromatic carbocycles. The second-order valence-corrected chi connectivity index (χ2v) is 7.57. The third kappa shape index (κ3) is 4.18.